The maximum absolute atomic E-state index is 12.4. The fourth-order valence-electron chi connectivity index (χ4n) is 2.18. The van der Waals surface area contributed by atoms with Gasteiger partial charge in [0.15, 0.2) is 10.8 Å². The Bertz CT molecular complexity index is 686. The van der Waals surface area contributed by atoms with Crippen molar-refractivity contribution < 1.29 is 18.0 Å². The molecule has 0 spiro atoms. The van der Waals surface area contributed by atoms with Crippen LogP contribution in [-0.4, -0.2) is 52.5 Å². The molecule has 0 unspecified atom stereocenters. The summed E-state index contributed by atoms with van der Waals surface area (Å²) in [7, 11) is 0. The van der Waals surface area contributed by atoms with Gasteiger partial charge in [0, 0.05) is 19.3 Å². The molecule has 0 bridgehead atoms. The Morgan fingerprint density at radius 3 is 2.83 bits per heavy atom. The molecule has 2 rings (SSSR count). The maximum atomic E-state index is 12.4. The van der Waals surface area contributed by atoms with Crippen molar-refractivity contribution in [3.05, 3.63) is 35.2 Å². The summed E-state index contributed by atoms with van der Waals surface area (Å²) in [6, 6.07) is 5.19. The van der Waals surface area contributed by atoms with E-state index >= 15 is 0 Å². The van der Waals surface area contributed by atoms with Crippen LogP contribution in [0.2, 0.25) is 5.15 Å². The van der Waals surface area contributed by atoms with Crippen LogP contribution < -0.4 is 5.32 Å². The van der Waals surface area contributed by atoms with Crippen molar-refractivity contribution in [3.63, 3.8) is 0 Å². The first-order valence-electron chi connectivity index (χ1n) is 7.01. The molecule has 0 atom stereocenters. The number of fused-ring (bicyclic) bond motifs is 1. The molecular weight excluding hydrogens is 333 g/mol. The molecule has 2 aromatic heterocycles. The van der Waals surface area contributed by atoms with Crippen molar-refractivity contribution >= 4 is 23.2 Å². The summed E-state index contributed by atoms with van der Waals surface area (Å²) in [6.07, 6.45) is -2.61. The number of alkyl halides is 3. The van der Waals surface area contributed by atoms with Gasteiger partial charge in [-0.25, -0.2) is 4.98 Å². The summed E-state index contributed by atoms with van der Waals surface area (Å²) in [6.45, 7) is 1.05. The second-order valence-electron chi connectivity index (χ2n) is 4.92. The van der Waals surface area contributed by atoms with E-state index in [4.69, 9.17) is 11.6 Å². The van der Waals surface area contributed by atoms with E-state index in [9.17, 15) is 18.0 Å². The number of nitrogens with one attached hydrogen (secondary N) is 1. The topological polar surface area (TPSA) is 49.6 Å². The van der Waals surface area contributed by atoms with Gasteiger partial charge in [0.1, 0.15) is 5.65 Å². The molecule has 0 aliphatic rings. The molecule has 0 aliphatic heterocycles. The zero-order valence-corrected chi connectivity index (χ0v) is 13.2. The van der Waals surface area contributed by atoms with E-state index in [0.717, 1.165) is 0 Å². The lowest BCUT2D eigenvalue weighted by Gasteiger charge is -2.21. The molecule has 126 valence electrons. The number of halogens is 4. The molecule has 23 heavy (non-hydrogen) atoms. The monoisotopic (exact) mass is 348 g/mol. The molecule has 0 saturated heterocycles. The SMILES string of the molecule is CCN(CCNC(=O)c1c(Cl)nc2ccccn12)CC(F)(F)F. The van der Waals surface area contributed by atoms with E-state index in [0.29, 0.717) is 5.65 Å². The molecule has 0 radical (unpaired) electrons. The minimum atomic E-state index is -4.26. The summed E-state index contributed by atoms with van der Waals surface area (Å²) in [4.78, 5) is 17.5. The number of rotatable bonds is 6. The molecule has 1 N–H and O–H groups in total. The van der Waals surface area contributed by atoms with Crippen molar-refractivity contribution in [1.82, 2.24) is 19.6 Å². The summed E-state index contributed by atoms with van der Waals surface area (Å²) in [5, 5.41) is 2.63. The van der Waals surface area contributed by atoms with Crippen LogP contribution in [0.4, 0.5) is 13.2 Å². The molecule has 2 aromatic rings. The van der Waals surface area contributed by atoms with Crippen LogP contribution in [0, 0.1) is 0 Å². The van der Waals surface area contributed by atoms with Crippen LogP contribution in [0.15, 0.2) is 24.4 Å². The molecule has 0 saturated carbocycles. The van der Waals surface area contributed by atoms with E-state index in [1.54, 1.807) is 31.3 Å². The van der Waals surface area contributed by atoms with Gasteiger partial charge in [-0.1, -0.05) is 24.6 Å². The highest BCUT2D eigenvalue weighted by molar-refractivity contribution is 6.32. The average molecular weight is 349 g/mol. The zero-order chi connectivity index (χ0) is 17.0. The third-order valence-electron chi connectivity index (χ3n) is 3.27. The van der Waals surface area contributed by atoms with Crippen LogP contribution in [0.5, 0.6) is 0 Å². The zero-order valence-electron chi connectivity index (χ0n) is 12.4. The minimum Gasteiger partial charge on any atom is -0.349 e. The number of aromatic nitrogens is 2. The van der Waals surface area contributed by atoms with Crippen molar-refractivity contribution in [3.8, 4) is 0 Å². The molecule has 9 heteroatoms. The first-order valence-corrected chi connectivity index (χ1v) is 7.39. The predicted molar refractivity (Wildman–Crippen MR) is 80.7 cm³/mol. The lowest BCUT2D eigenvalue weighted by Crippen LogP contribution is -2.40. The molecule has 0 aromatic carbocycles. The van der Waals surface area contributed by atoms with Crippen molar-refractivity contribution in [2.45, 2.75) is 13.1 Å². The Hall–Kier alpha value is -1.80. The summed E-state index contributed by atoms with van der Waals surface area (Å²) in [5.74, 6) is -0.475. The predicted octanol–water partition coefficient (Wildman–Crippen LogP) is 2.60. The number of amides is 1. The second kappa shape index (κ2) is 7.18. The first-order chi connectivity index (χ1) is 10.8. The minimum absolute atomic E-state index is 0.0522. The van der Waals surface area contributed by atoms with Gasteiger partial charge in [-0.2, -0.15) is 13.2 Å². The standard InChI is InChI=1S/C14H16ClF3N4O/c1-2-21(9-14(16,17)18)8-6-19-13(23)11-12(15)20-10-5-3-4-7-22(10)11/h3-5,7H,2,6,8-9H2,1H3,(H,19,23). The van der Waals surface area contributed by atoms with Gasteiger partial charge < -0.3 is 5.32 Å². The van der Waals surface area contributed by atoms with Crippen molar-refractivity contribution in [1.29, 1.82) is 0 Å². The Kier molecular flexibility index (Phi) is 5.48. The maximum Gasteiger partial charge on any atom is 0.401 e. The fourth-order valence-corrected chi connectivity index (χ4v) is 2.45. The Labute approximate surface area is 136 Å². The third-order valence-corrected chi connectivity index (χ3v) is 3.53. The van der Waals surface area contributed by atoms with E-state index in [1.807, 2.05) is 0 Å². The summed E-state index contributed by atoms with van der Waals surface area (Å²) < 4.78 is 38.6. The molecule has 0 fully saturated rings. The molecule has 1 amide bonds. The number of carbonyl (C=O) groups is 1. The Morgan fingerprint density at radius 1 is 1.43 bits per heavy atom. The van der Waals surface area contributed by atoms with Gasteiger partial charge in [-0.15, -0.1) is 0 Å². The number of carbonyl (C=O) groups excluding carboxylic acids is 1. The van der Waals surface area contributed by atoms with Crippen LogP contribution in [-0.2, 0) is 0 Å². The van der Waals surface area contributed by atoms with Crippen molar-refractivity contribution in [2.75, 3.05) is 26.2 Å². The summed E-state index contributed by atoms with van der Waals surface area (Å²) in [5.41, 5.74) is 0.691. The van der Waals surface area contributed by atoms with Crippen LogP contribution >= 0.6 is 11.6 Å². The Morgan fingerprint density at radius 2 is 2.17 bits per heavy atom. The second-order valence-corrected chi connectivity index (χ2v) is 5.28. The number of nitrogens with zero attached hydrogens (tertiary/aromatic N) is 3. The average Bonchev–Trinajstić information content (AvgIpc) is 2.80. The van der Waals surface area contributed by atoms with Crippen LogP contribution in [0.3, 0.4) is 0 Å². The highest BCUT2D eigenvalue weighted by Crippen LogP contribution is 2.18. The largest absolute Gasteiger partial charge is 0.401 e. The number of likely N-dealkylation sites (N-methyl/N-ethyl adjacent to an activating group) is 1. The Balaban J connectivity index is 1.98. The van der Waals surface area contributed by atoms with Gasteiger partial charge in [-0.05, 0) is 18.7 Å². The lowest BCUT2D eigenvalue weighted by atomic mass is 10.4. The number of hydrogen-bond acceptors (Lipinski definition) is 3. The van der Waals surface area contributed by atoms with Crippen LogP contribution in [0.1, 0.15) is 17.4 Å². The van der Waals surface area contributed by atoms with E-state index in [-0.39, 0.29) is 30.5 Å². The van der Waals surface area contributed by atoms with Gasteiger partial charge in [0.2, 0.25) is 0 Å². The lowest BCUT2D eigenvalue weighted by molar-refractivity contribution is -0.145. The fraction of sp³-hybridized carbons (Fsp3) is 0.429. The van der Waals surface area contributed by atoms with E-state index in [1.165, 1.54) is 9.30 Å². The third kappa shape index (κ3) is 4.59. The van der Waals surface area contributed by atoms with Gasteiger partial charge in [-0.3, -0.25) is 14.1 Å². The van der Waals surface area contributed by atoms with E-state index < -0.39 is 18.6 Å². The summed E-state index contributed by atoms with van der Waals surface area (Å²) >= 11 is 5.97. The van der Waals surface area contributed by atoms with Crippen LogP contribution in [0.25, 0.3) is 5.65 Å². The first kappa shape index (κ1) is 17.6. The molecular formula is C14H16ClF3N4O. The number of hydrogen-bond donors (Lipinski definition) is 1. The molecule has 0 aliphatic carbocycles. The molecule has 2 heterocycles. The smallest absolute Gasteiger partial charge is 0.349 e. The number of pyridine rings is 1. The van der Waals surface area contributed by atoms with Crippen molar-refractivity contribution in [2.24, 2.45) is 0 Å². The van der Waals surface area contributed by atoms with Gasteiger partial charge >= 0.3 is 6.18 Å². The quantitative estimate of drug-likeness (QED) is 0.873. The number of imidazole rings is 1. The highest BCUT2D eigenvalue weighted by Gasteiger charge is 2.29. The highest BCUT2D eigenvalue weighted by atomic mass is 35.5. The normalized spacial score (nSPS) is 12.1. The van der Waals surface area contributed by atoms with Gasteiger partial charge in [0.05, 0.1) is 6.54 Å². The molecule has 5 nitrogen and oxygen atoms in total. The van der Waals surface area contributed by atoms with Gasteiger partial charge in [0.25, 0.3) is 5.91 Å². The van der Waals surface area contributed by atoms with E-state index in [2.05, 4.69) is 10.3 Å².